The van der Waals surface area contributed by atoms with Crippen molar-refractivity contribution in [2.45, 2.75) is 6.42 Å². The lowest BCUT2D eigenvalue weighted by Crippen LogP contribution is -2.14. The number of carboxylic acid groups (broad SMARTS) is 1. The number of carboxylic acids is 1. The molecule has 1 aliphatic rings. The van der Waals surface area contributed by atoms with Crippen molar-refractivity contribution >= 4 is 40.1 Å². The number of aliphatic carboxylic acids is 1. The average molecular weight is 474 g/mol. The lowest BCUT2D eigenvalue weighted by atomic mass is 9.89. The van der Waals surface area contributed by atoms with Crippen molar-refractivity contribution < 1.29 is 28.9 Å². The number of allylic oxidation sites excluding steroid dienone is 1. The number of hydrogen-bond donors (Lipinski definition) is 1. The van der Waals surface area contributed by atoms with E-state index in [4.69, 9.17) is 14.2 Å². The molecule has 8 nitrogen and oxygen atoms in total. The molecule has 170 valence electrons. The highest BCUT2D eigenvalue weighted by Crippen LogP contribution is 2.34. The normalized spacial score (nSPS) is 13.0. The summed E-state index contributed by atoms with van der Waals surface area (Å²) in [6.45, 7) is 0.0730. The molecule has 0 fully saturated rings. The number of hydrogen-bond acceptors (Lipinski definition) is 8. The quantitative estimate of drug-likeness (QED) is 0.310. The van der Waals surface area contributed by atoms with E-state index in [0.717, 1.165) is 17.3 Å². The maximum absolute atomic E-state index is 13.7. The molecule has 0 saturated carbocycles. The summed E-state index contributed by atoms with van der Waals surface area (Å²) in [6.07, 6.45) is 0.103. The van der Waals surface area contributed by atoms with E-state index in [9.17, 15) is 14.7 Å². The van der Waals surface area contributed by atoms with Crippen molar-refractivity contribution in [2.24, 2.45) is 0 Å². The maximum atomic E-state index is 13.7. The van der Waals surface area contributed by atoms with Gasteiger partial charge in [0.05, 0.1) is 24.4 Å². The third-order valence-electron chi connectivity index (χ3n) is 5.51. The van der Waals surface area contributed by atoms with E-state index in [1.165, 1.54) is 0 Å². The van der Waals surface area contributed by atoms with Crippen LogP contribution in [0.4, 0.5) is 0 Å². The Kier molecular flexibility index (Phi) is 5.69. The van der Waals surface area contributed by atoms with Gasteiger partial charge in [0.2, 0.25) is 6.79 Å². The van der Waals surface area contributed by atoms with E-state index < -0.39 is 11.8 Å². The summed E-state index contributed by atoms with van der Waals surface area (Å²) in [6, 6.07) is 17.0. The van der Waals surface area contributed by atoms with Gasteiger partial charge < -0.3 is 19.3 Å². The van der Waals surface area contributed by atoms with Gasteiger partial charge in [-0.1, -0.05) is 18.2 Å². The Balaban J connectivity index is 1.66. The number of fused-ring (bicyclic) bond motifs is 2. The Labute approximate surface area is 198 Å². The van der Waals surface area contributed by atoms with Gasteiger partial charge in [-0.25, -0.2) is 4.79 Å². The minimum atomic E-state index is -1.21. The molecule has 1 N–H and O–H groups in total. The fraction of sp³-hybridized carbons (Fsp3) is 0.120. The first-order valence-corrected chi connectivity index (χ1v) is 11.0. The van der Waals surface area contributed by atoms with Crippen LogP contribution in [0.1, 0.15) is 21.5 Å². The number of methoxy groups -OCH3 is 1. The van der Waals surface area contributed by atoms with Gasteiger partial charge in [0.25, 0.3) is 0 Å². The van der Waals surface area contributed by atoms with Crippen LogP contribution in [0.15, 0.2) is 66.2 Å². The van der Waals surface area contributed by atoms with Gasteiger partial charge >= 0.3 is 5.97 Å². The van der Waals surface area contributed by atoms with Crippen molar-refractivity contribution in [3.63, 3.8) is 0 Å². The molecular weight excluding hydrogens is 456 g/mol. The van der Waals surface area contributed by atoms with Crippen LogP contribution in [0.3, 0.4) is 0 Å². The molecule has 0 bridgehead atoms. The second-order valence-electron chi connectivity index (χ2n) is 7.55. The summed E-state index contributed by atoms with van der Waals surface area (Å²) in [5, 5.41) is 10.2. The van der Waals surface area contributed by atoms with Crippen molar-refractivity contribution in [3.05, 3.63) is 82.9 Å². The fourth-order valence-electron chi connectivity index (χ4n) is 3.81. The van der Waals surface area contributed by atoms with E-state index >= 15 is 0 Å². The van der Waals surface area contributed by atoms with Crippen molar-refractivity contribution in [1.29, 1.82) is 0 Å². The number of ketones is 1. The molecule has 34 heavy (non-hydrogen) atoms. The number of rotatable bonds is 7. The number of carbonyl (C=O) groups is 2. The van der Waals surface area contributed by atoms with Crippen LogP contribution < -0.4 is 14.2 Å². The lowest BCUT2D eigenvalue weighted by molar-refractivity contribution is -0.130. The molecule has 5 rings (SSSR count). The highest BCUT2D eigenvalue weighted by molar-refractivity contribution is 7.00. The van der Waals surface area contributed by atoms with Crippen molar-refractivity contribution in [1.82, 2.24) is 8.75 Å². The zero-order valence-electron chi connectivity index (χ0n) is 18.0. The zero-order valence-corrected chi connectivity index (χ0v) is 18.8. The Bertz CT molecular complexity index is 1440. The van der Waals surface area contributed by atoms with Crippen molar-refractivity contribution in [3.8, 4) is 17.2 Å². The first-order valence-electron chi connectivity index (χ1n) is 10.3. The van der Waals surface area contributed by atoms with Crippen LogP contribution in [0, 0.1) is 0 Å². The van der Waals surface area contributed by atoms with Gasteiger partial charge in [-0.05, 0) is 53.6 Å². The third-order valence-corrected chi connectivity index (χ3v) is 6.06. The second-order valence-corrected chi connectivity index (χ2v) is 8.08. The molecule has 0 unspecified atom stereocenters. The molecule has 0 amide bonds. The van der Waals surface area contributed by atoms with E-state index in [2.05, 4.69) is 8.75 Å². The van der Waals surface area contributed by atoms with Crippen LogP contribution >= 0.6 is 11.7 Å². The van der Waals surface area contributed by atoms with Gasteiger partial charge in [-0.15, -0.1) is 0 Å². The molecule has 1 aliphatic heterocycles. The molecule has 3 aromatic carbocycles. The molecule has 2 heterocycles. The smallest absolute Gasteiger partial charge is 0.336 e. The van der Waals surface area contributed by atoms with Gasteiger partial charge in [-0.2, -0.15) is 8.75 Å². The molecule has 0 radical (unpaired) electrons. The Morgan fingerprint density at radius 1 is 0.941 bits per heavy atom. The summed E-state index contributed by atoms with van der Waals surface area (Å²) in [7, 11) is 1.56. The highest BCUT2D eigenvalue weighted by Gasteiger charge is 2.26. The van der Waals surface area contributed by atoms with Gasteiger partial charge in [0.15, 0.2) is 17.3 Å². The van der Waals surface area contributed by atoms with Crippen LogP contribution in [-0.4, -0.2) is 39.5 Å². The molecule has 4 aromatic rings. The first kappa shape index (κ1) is 21.6. The number of benzene rings is 3. The molecule has 9 heteroatoms. The third kappa shape index (κ3) is 4.08. The topological polar surface area (TPSA) is 108 Å². The van der Waals surface area contributed by atoms with Gasteiger partial charge in [0.1, 0.15) is 16.8 Å². The molecule has 0 spiro atoms. The SMILES string of the molecule is COc1ccc(CC(C(=O)c2ccc3c(c2)OCO3)=C(C(=O)O)c2ccc3nsnc3c2)cc1. The Morgan fingerprint density at radius 2 is 1.68 bits per heavy atom. The maximum Gasteiger partial charge on any atom is 0.336 e. The zero-order chi connectivity index (χ0) is 23.7. The summed E-state index contributed by atoms with van der Waals surface area (Å²) in [5.41, 5.74) is 2.73. The Hall–Kier alpha value is -4.24. The number of aromatic nitrogens is 2. The minimum Gasteiger partial charge on any atom is -0.497 e. The average Bonchev–Trinajstić information content (AvgIpc) is 3.52. The minimum absolute atomic E-state index is 0.0730. The van der Waals surface area contributed by atoms with E-state index in [1.54, 1.807) is 67.8 Å². The predicted molar refractivity (Wildman–Crippen MR) is 126 cm³/mol. The summed E-state index contributed by atoms with van der Waals surface area (Å²) in [4.78, 5) is 26.3. The number of Topliss-reactive ketones (excluding diaryl/α,β-unsaturated/α-hetero) is 1. The fourth-order valence-corrected chi connectivity index (χ4v) is 4.32. The van der Waals surface area contributed by atoms with Crippen molar-refractivity contribution in [2.75, 3.05) is 13.9 Å². The van der Waals surface area contributed by atoms with E-state index in [1.807, 2.05) is 0 Å². The van der Waals surface area contributed by atoms with Gasteiger partial charge in [0, 0.05) is 17.6 Å². The van der Waals surface area contributed by atoms with Crippen LogP contribution in [-0.2, 0) is 11.2 Å². The largest absolute Gasteiger partial charge is 0.497 e. The van der Waals surface area contributed by atoms with E-state index in [-0.39, 0.29) is 24.4 Å². The van der Waals surface area contributed by atoms with Gasteiger partial charge in [-0.3, -0.25) is 4.79 Å². The number of ether oxygens (including phenoxy) is 3. The molecular formula is C25H18N2O6S. The second kappa shape index (κ2) is 8.95. The molecule has 0 atom stereocenters. The Morgan fingerprint density at radius 3 is 2.44 bits per heavy atom. The van der Waals surface area contributed by atoms with Crippen LogP contribution in [0.5, 0.6) is 17.2 Å². The first-order chi connectivity index (χ1) is 16.5. The summed E-state index contributed by atoms with van der Waals surface area (Å²) in [5.74, 6) is 0.0261. The van der Waals surface area contributed by atoms with E-state index in [0.29, 0.717) is 39.4 Å². The standard InChI is InChI=1S/C25H18N2O6S/c1-31-17-6-2-14(3-7-17)10-18(24(28)16-5-9-21-22(12-16)33-13-32-21)23(25(29)30)15-4-8-19-20(11-15)27-34-26-19/h2-9,11-12H,10,13H2,1H3,(H,29,30). The summed E-state index contributed by atoms with van der Waals surface area (Å²) >= 11 is 1.04. The lowest BCUT2D eigenvalue weighted by Gasteiger charge is -2.14. The molecule has 0 aliphatic carbocycles. The number of carbonyl (C=O) groups excluding carboxylic acids is 1. The van der Waals surface area contributed by atoms with Crippen LogP contribution in [0.2, 0.25) is 0 Å². The predicted octanol–water partition coefficient (Wildman–Crippen LogP) is 4.39. The highest BCUT2D eigenvalue weighted by atomic mass is 32.1. The molecule has 1 aromatic heterocycles. The summed E-state index contributed by atoms with van der Waals surface area (Å²) < 4.78 is 24.3. The monoisotopic (exact) mass is 474 g/mol. The number of nitrogens with zero attached hydrogens (tertiary/aromatic N) is 2. The van der Waals surface area contributed by atoms with Crippen LogP contribution in [0.25, 0.3) is 16.6 Å². The molecule has 0 saturated heterocycles.